The first-order chi connectivity index (χ1) is 12.1. The maximum Gasteiger partial charge on any atom is 0.191 e. The van der Waals surface area contributed by atoms with Crippen LogP contribution in [0.2, 0.25) is 5.02 Å². The minimum atomic E-state index is -0.707. The van der Waals surface area contributed by atoms with Crippen LogP contribution in [0.15, 0.2) is 52.1 Å². The van der Waals surface area contributed by atoms with Crippen LogP contribution in [-0.4, -0.2) is 30.7 Å². The highest BCUT2D eigenvalue weighted by Crippen LogP contribution is 2.48. The molecule has 0 bridgehead atoms. The molecule has 1 aromatic carbocycles. The van der Waals surface area contributed by atoms with Crippen molar-refractivity contribution in [2.45, 2.75) is 31.3 Å². The van der Waals surface area contributed by atoms with Crippen LogP contribution in [0.1, 0.15) is 37.2 Å². The monoisotopic (exact) mass is 361 g/mol. The van der Waals surface area contributed by atoms with Crippen LogP contribution in [0.4, 0.5) is 0 Å². The topological polar surface area (TPSA) is 69.8 Å². The Labute approximate surface area is 153 Å². The Morgan fingerprint density at radius 2 is 2.16 bits per heavy atom. The molecule has 1 fully saturated rings. The number of aliphatic hydroxyl groups is 1. The lowest BCUT2D eigenvalue weighted by Gasteiger charge is -2.17. The van der Waals surface area contributed by atoms with Gasteiger partial charge in [0.15, 0.2) is 5.96 Å². The summed E-state index contributed by atoms with van der Waals surface area (Å²) >= 11 is 6.13. The standard InChI is InChI=1S/C19H24ClN3O2/c1-2-21-18(22-12-16(24)17-7-4-10-25-17)23-13-19(8-9-19)14-5-3-6-15(20)11-14/h3-7,10-11,16,24H,2,8-9,12-13H2,1H3,(H2,21,22,23). The molecule has 1 heterocycles. The molecule has 0 amide bonds. The number of hydrogen-bond donors (Lipinski definition) is 3. The van der Waals surface area contributed by atoms with E-state index in [9.17, 15) is 5.11 Å². The summed E-state index contributed by atoms with van der Waals surface area (Å²) in [6.07, 6.45) is 3.08. The van der Waals surface area contributed by atoms with E-state index < -0.39 is 6.10 Å². The summed E-state index contributed by atoms with van der Waals surface area (Å²) in [5.41, 5.74) is 1.34. The lowest BCUT2D eigenvalue weighted by atomic mass is 9.96. The van der Waals surface area contributed by atoms with E-state index in [1.54, 1.807) is 18.4 Å². The molecule has 1 aromatic heterocycles. The number of guanidine groups is 1. The average molecular weight is 362 g/mol. The molecule has 1 aliphatic carbocycles. The fraction of sp³-hybridized carbons (Fsp3) is 0.421. The minimum Gasteiger partial charge on any atom is -0.467 e. The average Bonchev–Trinajstić information content (AvgIpc) is 3.20. The minimum absolute atomic E-state index is 0.0902. The highest BCUT2D eigenvalue weighted by Gasteiger charge is 2.44. The molecule has 1 unspecified atom stereocenters. The molecular weight excluding hydrogens is 338 g/mol. The molecule has 0 aliphatic heterocycles. The summed E-state index contributed by atoms with van der Waals surface area (Å²) in [7, 11) is 0. The van der Waals surface area contributed by atoms with Gasteiger partial charge in [0.2, 0.25) is 0 Å². The fourth-order valence-electron chi connectivity index (χ4n) is 2.85. The maximum atomic E-state index is 10.1. The molecule has 2 aromatic rings. The number of nitrogens with zero attached hydrogens (tertiary/aromatic N) is 1. The van der Waals surface area contributed by atoms with E-state index in [1.165, 1.54) is 5.56 Å². The molecular formula is C19H24ClN3O2. The van der Waals surface area contributed by atoms with Crippen molar-refractivity contribution in [2.75, 3.05) is 19.6 Å². The van der Waals surface area contributed by atoms with E-state index in [4.69, 9.17) is 21.0 Å². The summed E-state index contributed by atoms with van der Waals surface area (Å²) in [6, 6.07) is 11.6. The predicted molar refractivity (Wildman–Crippen MR) is 100 cm³/mol. The molecule has 134 valence electrons. The zero-order chi connectivity index (χ0) is 17.7. The van der Waals surface area contributed by atoms with Gasteiger partial charge in [0.05, 0.1) is 19.4 Å². The van der Waals surface area contributed by atoms with Gasteiger partial charge in [-0.05, 0) is 49.6 Å². The molecule has 3 N–H and O–H groups in total. The van der Waals surface area contributed by atoms with Gasteiger partial charge in [0.25, 0.3) is 0 Å². The number of furan rings is 1. The number of nitrogens with one attached hydrogen (secondary N) is 2. The van der Waals surface area contributed by atoms with Gasteiger partial charge >= 0.3 is 0 Å². The molecule has 0 saturated heterocycles. The van der Waals surface area contributed by atoms with E-state index in [-0.39, 0.29) is 5.41 Å². The third kappa shape index (κ3) is 4.55. The van der Waals surface area contributed by atoms with Crippen LogP contribution >= 0.6 is 11.6 Å². The summed E-state index contributed by atoms with van der Waals surface area (Å²) in [5.74, 6) is 1.24. The second-order valence-electron chi connectivity index (χ2n) is 6.40. The molecule has 25 heavy (non-hydrogen) atoms. The Balaban J connectivity index is 1.62. The lowest BCUT2D eigenvalue weighted by molar-refractivity contribution is 0.153. The van der Waals surface area contributed by atoms with Crippen molar-refractivity contribution < 1.29 is 9.52 Å². The normalized spacial score (nSPS) is 17.2. The summed E-state index contributed by atoms with van der Waals surface area (Å²) < 4.78 is 5.22. The lowest BCUT2D eigenvalue weighted by Crippen LogP contribution is -2.40. The molecule has 3 rings (SSSR count). The number of aliphatic imine (C=N–C) groups is 1. The van der Waals surface area contributed by atoms with Crippen molar-refractivity contribution in [3.05, 3.63) is 59.0 Å². The Morgan fingerprint density at radius 3 is 2.80 bits per heavy atom. The second kappa shape index (κ2) is 7.93. The van der Waals surface area contributed by atoms with Gasteiger partial charge in [-0.2, -0.15) is 0 Å². The Kier molecular flexibility index (Phi) is 5.66. The van der Waals surface area contributed by atoms with Crippen molar-refractivity contribution >= 4 is 17.6 Å². The van der Waals surface area contributed by atoms with Crippen molar-refractivity contribution in [2.24, 2.45) is 4.99 Å². The summed E-state index contributed by atoms with van der Waals surface area (Å²) in [6.45, 7) is 3.81. The van der Waals surface area contributed by atoms with E-state index in [0.29, 0.717) is 24.8 Å². The van der Waals surface area contributed by atoms with Gasteiger partial charge in [-0.1, -0.05) is 23.7 Å². The van der Waals surface area contributed by atoms with E-state index >= 15 is 0 Å². The molecule has 5 nitrogen and oxygen atoms in total. The highest BCUT2D eigenvalue weighted by atomic mass is 35.5. The molecule has 6 heteroatoms. The SMILES string of the molecule is CCNC(=NCC1(c2cccc(Cl)c2)CC1)NCC(O)c1ccco1. The Morgan fingerprint density at radius 1 is 1.32 bits per heavy atom. The van der Waals surface area contributed by atoms with Crippen molar-refractivity contribution in [1.29, 1.82) is 0 Å². The first kappa shape index (κ1) is 17.8. The zero-order valence-electron chi connectivity index (χ0n) is 14.3. The van der Waals surface area contributed by atoms with Crippen LogP contribution in [0.3, 0.4) is 0 Å². The number of rotatable bonds is 7. The number of hydrogen-bond acceptors (Lipinski definition) is 3. The van der Waals surface area contributed by atoms with Crippen LogP contribution in [0.25, 0.3) is 0 Å². The molecule has 1 saturated carbocycles. The fourth-order valence-corrected chi connectivity index (χ4v) is 3.04. The molecule has 1 aliphatic rings. The Hall–Kier alpha value is -1.98. The van der Waals surface area contributed by atoms with E-state index in [1.807, 2.05) is 25.1 Å². The van der Waals surface area contributed by atoms with Gasteiger partial charge in [0, 0.05) is 17.0 Å². The third-order valence-corrected chi connectivity index (χ3v) is 4.74. The molecule has 0 spiro atoms. The van der Waals surface area contributed by atoms with Crippen LogP contribution < -0.4 is 10.6 Å². The van der Waals surface area contributed by atoms with Gasteiger partial charge in [-0.3, -0.25) is 4.99 Å². The van der Waals surface area contributed by atoms with Gasteiger partial charge in [0.1, 0.15) is 11.9 Å². The van der Waals surface area contributed by atoms with Crippen LogP contribution in [0, 0.1) is 0 Å². The molecule has 1 atom stereocenters. The summed E-state index contributed by atoms with van der Waals surface area (Å²) in [4.78, 5) is 4.72. The summed E-state index contributed by atoms with van der Waals surface area (Å²) in [5, 5.41) is 17.3. The first-order valence-electron chi connectivity index (χ1n) is 8.63. The van der Waals surface area contributed by atoms with Gasteiger partial charge in [-0.15, -0.1) is 0 Å². The smallest absolute Gasteiger partial charge is 0.191 e. The molecule has 0 radical (unpaired) electrons. The number of halogens is 1. The van der Waals surface area contributed by atoms with Gasteiger partial charge in [-0.25, -0.2) is 0 Å². The highest BCUT2D eigenvalue weighted by molar-refractivity contribution is 6.30. The second-order valence-corrected chi connectivity index (χ2v) is 6.83. The van der Waals surface area contributed by atoms with E-state index in [0.717, 1.165) is 24.4 Å². The largest absolute Gasteiger partial charge is 0.467 e. The van der Waals surface area contributed by atoms with E-state index in [2.05, 4.69) is 16.7 Å². The number of benzene rings is 1. The van der Waals surface area contributed by atoms with Crippen molar-refractivity contribution in [3.63, 3.8) is 0 Å². The first-order valence-corrected chi connectivity index (χ1v) is 9.00. The van der Waals surface area contributed by atoms with Crippen molar-refractivity contribution in [1.82, 2.24) is 10.6 Å². The van der Waals surface area contributed by atoms with Crippen LogP contribution in [0.5, 0.6) is 0 Å². The zero-order valence-corrected chi connectivity index (χ0v) is 15.1. The maximum absolute atomic E-state index is 10.1. The number of aliphatic hydroxyl groups excluding tert-OH is 1. The quantitative estimate of drug-likeness (QED) is 0.523. The van der Waals surface area contributed by atoms with Gasteiger partial charge < -0.3 is 20.2 Å². The van der Waals surface area contributed by atoms with Crippen molar-refractivity contribution in [3.8, 4) is 0 Å². The van der Waals surface area contributed by atoms with Crippen LogP contribution in [-0.2, 0) is 5.41 Å². The third-order valence-electron chi connectivity index (χ3n) is 4.51. The predicted octanol–water partition coefficient (Wildman–Crippen LogP) is 3.25. The Bertz CT molecular complexity index is 711.